The molecule has 0 saturated carbocycles. The average Bonchev–Trinajstić information content (AvgIpc) is 2.49. The summed E-state index contributed by atoms with van der Waals surface area (Å²) in [5.74, 6) is 0.681. The average molecular weight is 340 g/mol. The van der Waals surface area contributed by atoms with Crippen molar-refractivity contribution in [1.82, 2.24) is 0 Å². The van der Waals surface area contributed by atoms with Crippen LogP contribution in [-0.4, -0.2) is 0 Å². The molecule has 1 aromatic rings. The van der Waals surface area contributed by atoms with Gasteiger partial charge in [-0.05, 0) is 43.7 Å². The fraction of sp³-hybridized carbons (Fsp3) is 0.714. The molecule has 0 aliphatic rings. The molecule has 0 aromatic heterocycles. The van der Waals surface area contributed by atoms with E-state index in [-0.39, 0.29) is 17.9 Å². The van der Waals surface area contributed by atoms with Gasteiger partial charge < -0.3 is 5.73 Å². The summed E-state index contributed by atoms with van der Waals surface area (Å²) < 4.78 is 0. The van der Waals surface area contributed by atoms with Crippen LogP contribution in [0.5, 0.6) is 0 Å². The zero-order chi connectivity index (χ0) is 16.4. The zero-order valence-corrected chi connectivity index (χ0v) is 16.6. The van der Waals surface area contributed by atoms with E-state index in [9.17, 15) is 0 Å². The van der Waals surface area contributed by atoms with Crippen molar-refractivity contribution in [2.45, 2.75) is 96.9 Å². The molecule has 1 nitrogen and oxygen atoms in total. The Hall–Kier alpha value is -0.530. The highest BCUT2D eigenvalue weighted by atomic mass is 35.5. The highest BCUT2D eigenvalue weighted by Crippen LogP contribution is 2.34. The maximum atomic E-state index is 6.42. The van der Waals surface area contributed by atoms with Gasteiger partial charge in [0.1, 0.15) is 0 Å². The van der Waals surface area contributed by atoms with E-state index in [0.29, 0.717) is 5.92 Å². The fourth-order valence-corrected chi connectivity index (χ4v) is 3.34. The molecule has 0 bridgehead atoms. The molecule has 1 unspecified atom stereocenters. The lowest BCUT2D eigenvalue weighted by Crippen LogP contribution is -2.30. The minimum Gasteiger partial charge on any atom is -0.322 e. The van der Waals surface area contributed by atoms with Gasteiger partial charge in [0, 0.05) is 5.54 Å². The second-order valence-corrected chi connectivity index (χ2v) is 7.35. The monoisotopic (exact) mass is 339 g/mol. The Labute approximate surface area is 150 Å². The lowest BCUT2D eigenvalue weighted by atomic mass is 9.81. The summed E-state index contributed by atoms with van der Waals surface area (Å²) in [5, 5.41) is 0. The van der Waals surface area contributed by atoms with Crippen molar-refractivity contribution in [2.24, 2.45) is 5.73 Å². The van der Waals surface area contributed by atoms with Crippen molar-refractivity contribution in [2.75, 3.05) is 0 Å². The van der Waals surface area contributed by atoms with Crippen LogP contribution in [0.25, 0.3) is 0 Å². The van der Waals surface area contributed by atoms with Crippen LogP contribution in [0.2, 0.25) is 0 Å². The number of rotatable bonds is 11. The van der Waals surface area contributed by atoms with Crippen LogP contribution in [-0.2, 0) is 5.54 Å². The van der Waals surface area contributed by atoms with Crippen LogP contribution in [0, 0.1) is 0 Å². The van der Waals surface area contributed by atoms with Gasteiger partial charge in [-0.15, -0.1) is 12.4 Å². The summed E-state index contributed by atoms with van der Waals surface area (Å²) in [6, 6.07) is 8.86. The molecule has 0 fully saturated rings. The summed E-state index contributed by atoms with van der Waals surface area (Å²) in [4.78, 5) is 0. The van der Waals surface area contributed by atoms with Crippen molar-refractivity contribution in [3.05, 3.63) is 35.4 Å². The van der Waals surface area contributed by atoms with Crippen molar-refractivity contribution >= 4 is 12.4 Å². The number of hydrogen-bond donors (Lipinski definition) is 1. The van der Waals surface area contributed by atoms with E-state index in [1.807, 2.05) is 0 Å². The van der Waals surface area contributed by atoms with Gasteiger partial charge in [0.15, 0.2) is 0 Å². The normalized spacial score (nSPS) is 12.7. The molecule has 0 heterocycles. The maximum absolute atomic E-state index is 6.42. The molecule has 2 N–H and O–H groups in total. The number of benzene rings is 1. The molecular weight excluding hydrogens is 302 g/mol. The Kier molecular flexibility index (Phi) is 11.6. The highest BCUT2D eigenvalue weighted by molar-refractivity contribution is 5.85. The molecule has 0 aliphatic heterocycles. The predicted octanol–water partition coefficient (Wildman–Crippen LogP) is 6.94. The van der Waals surface area contributed by atoms with Gasteiger partial charge in [-0.3, -0.25) is 0 Å². The smallest absolute Gasteiger partial charge is 0.0355 e. The Bertz CT molecular complexity index is 409. The molecule has 0 spiro atoms. The van der Waals surface area contributed by atoms with E-state index in [2.05, 4.69) is 52.0 Å². The first-order valence-corrected chi connectivity index (χ1v) is 9.39. The molecule has 2 heteroatoms. The molecule has 0 amide bonds. The van der Waals surface area contributed by atoms with Crippen LogP contribution < -0.4 is 5.73 Å². The summed E-state index contributed by atoms with van der Waals surface area (Å²) in [5.41, 5.74) is 9.01. The van der Waals surface area contributed by atoms with E-state index in [1.165, 1.54) is 68.9 Å². The first kappa shape index (κ1) is 22.5. The summed E-state index contributed by atoms with van der Waals surface area (Å²) in [6.07, 6.45) is 12.0. The molecule has 1 atom stereocenters. The second-order valence-electron chi connectivity index (χ2n) is 7.35. The standard InChI is InChI=1S/C21H37N.ClH/c1-5-7-9-10-11-15-18(14-8-6-2)19-16-12-13-17-20(19)21(3,4)22;/h12-13,16-18H,5-11,14-15,22H2,1-4H3;1H. The predicted molar refractivity (Wildman–Crippen MR) is 107 cm³/mol. The molecule has 0 radical (unpaired) electrons. The van der Waals surface area contributed by atoms with Crippen molar-refractivity contribution in [3.63, 3.8) is 0 Å². The summed E-state index contributed by atoms with van der Waals surface area (Å²) >= 11 is 0. The minimum absolute atomic E-state index is 0. The van der Waals surface area contributed by atoms with Crippen LogP contribution in [0.1, 0.15) is 103 Å². The SMILES string of the molecule is CCCCCCCC(CCCC)c1ccccc1C(C)(C)N.Cl. The maximum Gasteiger partial charge on any atom is 0.0355 e. The van der Waals surface area contributed by atoms with E-state index in [4.69, 9.17) is 5.73 Å². The molecule has 1 rings (SSSR count). The molecule has 0 aliphatic carbocycles. The molecule has 1 aromatic carbocycles. The number of nitrogens with two attached hydrogens (primary N) is 1. The number of hydrogen-bond acceptors (Lipinski definition) is 1. The third-order valence-corrected chi connectivity index (χ3v) is 4.66. The lowest BCUT2D eigenvalue weighted by Gasteiger charge is -2.27. The molecule has 0 saturated heterocycles. The largest absolute Gasteiger partial charge is 0.322 e. The summed E-state index contributed by atoms with van der Waals surface area (Å²) in [6.45, 7) is 8.83. The van der Waals surface area contributed by atoms with Gasteiger partial charge >= 0.3 is 0 Å². The van der Waals surface area contributed by atoms with Gasteiger partial charge in [-0.25, -0.2) is 0 Å². The highest BCUT2D eigenvalue weighted by Gasteiger charge is 2.22. The molecular formula is C21H38ClN. The van der Waals surface area contributed by atoms with Gasteiger partial charge in [0.05, 0.1) is 0 Å². The van der Waals surface area contributed by atoms with E-state index in [1.54, 1.807) is 0 Å². The lowest BCUT2D eigenvalue weighted by molar-refractivity contribution is 0.483. The third kappa shape index (κ3) is 8.22. The summed E-state index contributed by atoms with van der Waals surface area (Å²) in [7, 11) is 0. The third-order valence-electron chi connectivity index (χ3n) is 4.66. The Morgan fingerprint density at radius 2 is 1.43 bits per heavy atom. The van der Waals surface area contributed by atoms with E-state index in [0.717, 1.165) is 0 Å². The van der Waals surface area contributed by atoms with Crippen molar-refractivity contribution in [3.8, 4) is 0 Å². The van der Waals surface area contributed by atoms with Crippen LogP contribution in [0.3, 0.4) is 0 Å². The Morgan fingerprint density at radius 1 is 0.870 bits per heavy atom. The van der Waals surface area contributed by atoms with E-state index >= 15 is 0 Å². The van der Waals surface area contributed by atoms with Gasteiger partial charge in [-0.2, -0.15) is 0 Å². The fourth-order valence-electron chi connectivity index (χ4n) is 3.34. The number of unbranched alkanes of at least 4 members (excludes halogenated alkanes) is 5. The van der Waals surface area contributed by atoms with Crippen molar-refractivity contribution < 1.29 is 0 Å². The van der Waals surface area contributed by atoms with Gasteiger partial charge in [0.2, 0.25) is 0 Å². The van der Waals surface area contributed by atoms with Crippen LogP contribution >= 0.6 is 12.4 Å². The molecule has 23 heavy (non-hydrogen) atoms. The Balaban J connectivity index is 0.00000484. The minimum atomic E-state index is -0.247. The van der Waals surface area contributed by atoms with Crippen LogP contribution in [0.15, 0.2) is 24.3 Å². The number of halogens is 1. The van der Waals surface area contributed by atoms with E-state index < -0.39 is 0 Å². The first-order chi connectivity index (χ1) is 10.5. The van der Waals surface area contributed by atoms with Crippen molar-refractivity contribution in [1.29, 1.82) is 0 Å². The quantitative estimate of drug-likeness (QED) is 0.434. The van der Waals surface area contributed by atoms with Crippen LogP contribution in [0.4, 0.5) is 0 Å². The van der Waals surface area contributed by atoms with Gasteiger partial charge in [-0.1, -0.05) is 83.1 Å². The molecule has 134 valence electrons. The zero-order valence-electron chi connectivity index (χ0n) is 15.7. The topological polar surface area (TPSA) is 26.0 Å². The van der Waals surface area contributed by atoms with Gasteiger partial charge in [0.25, 0.3) is 0 Å². The Morgan fingerprint density at radius 3 is 2.04 bits per heavy atom. The first-order valence-electron chi connectivity index (χ1n) is 9.39. The second kappa shape index (κ2) is 11.9.